The van der Waals surface area contributed by atoms with Crippen LogP contribution in [0, 0.1) is 17.8 Å². The summed E-state index contributed by atoms with van der Waals surface area (Å²) in [6, 6.07) is 0. The van der Waals surface area contributed by atoms with Gasteiger partial charge in [-0.3, -0.25) is 4.79 Å². The highest BCUT2D eigenvalue weighted by atomic mass is 16.7. The van der Waals surface area contributed by atoms with Gasteiger partial charge in [-0.1, -0.05) is 12.8 Å². The number of allylic oxidation sites excluding steroid dienone is 1. The van der Waals surface area contributed by atoms with Crippen molar-refractivity contribution in [2.45, 2.75) is 51.7 Å². The third-order valence-corrected chi connectivity index (χ3v) is 5.91. The molecule has 0 unspecified atom stereocenters. The van der Waals surface area contributed by atoms with Crippen molar-refractivity contribution in [2.24, 2.45) is 17.8 Å². The van der Waals surface area contributed by atoms with Gasteiger partial charge < -0.3 is 24.2 Å². The lowest BCUT2D eigenvalue weighted by Crippen LogP contribution is -2.45. The van der Waals surface area contributed by atoms with Gasteiger partial charge in [0.2, 0.25) is 6.29 Å². The van der Waals surface area contributed by atoms with Crippen LogP contribution in [0.15, 0.2) is 11.8 Å². The van der Waals surface area contributed by atoms with Crippen molar-refractivity contribution in [2.75, 3.05) is 39.5 Å². The van der Waals surface area contributed by atoms with Crippen LogP contribution in [0.4, 0.5) is 0 Å². The van der Waals surface area contributed by atoms with Crippen LogP contribution in [0.3, 0.4) is 0 Å². The number of morpholine rings is 1. The molecular weight excluding hydrogens is 334 g/mol. The summed E-state index contributed by atoms with van der Waals surface area (Å²) in [5, 5.41) is 9.31. The zero-order valence-corrected chi connectivity index (χ0v) is 15.9. The Morgan fingerprint density at radius 1 is 1.31 bits per heavy atom. The summed E-state index contributed by atoms with van der Waals surface area (Å²) in [6.07, 6.45) is 8.19. The van der Waals surface area contributed by atoms with Gasteiger partial charge in [0.05, 0.1) is 13.2 Å². The van der Waals surface area contributed by atoms with Gasteiger partial charge in [0.25, 0.3) is 5.91 Å². The van der Waals surface area contributed by atoms with Crippen LogP contribution in [0.1, 0.15) is 45.4 Å². The fourth-order valence-corrected chi connectivity index (χ4v) is 4.58. The molecule has 2 heterocycles. The van der Waals surface area contributed by atoms with Crippen LogP contribution in [0.5, 0.6) is 0 Å². The lowest BCUT2D eigenvalue weighted by molar-refractivity contribution is -0.180. The zero-order chi connectivity index (χ0) is 18.4. The van der Waals surface area contributed by atoms with Crippen molar-refractivity contribution in [1.82, 2.24) is 4.90 Å². The van der Waals surface area contributed by atoms with Crippen molar-refractivity contribution >= 4 is 5.91 Å². The smallest absolute Gasteiger partial charge is 0.288 e. The molecule has 148 valence electrons. The van der Waals surface area contributed by atoms with E-state index in [2.05, 4.69) is 6.08 Å². The predicted molar refractivity (Wildman–Crippen MR) is 97.2 cm³/mol. The van der Waals surface area contributed by atoms with Crippen LogP contribution >= 0.6 is 0 Å². The Kier molecular flexibility index (Phi) is 7.34. The monoisotopic (exact) mass is 367 g/mol. The van der Waals surface area contributed by atoms with E-state index in [-0.39, 0.29) is 24.3 Å². The molecule has 2 fully saturated rings. The Balaban J connectivity index is 1.81. The Morgan fingerprint density at radius 3 is 2.69 bits per heavy atom. The van der Waals surface area contributed by atoms with E-state index in [4.69, 9.17) is 14.2 Å². The minimum absolute atomic E-state index is 0.0402. The molecule has 3 rings (SSSR count). The van der Waals surface area contributed by atoms with E-state index in [1.54, 1.807) is 0 Å². The zero-order valence-electron chi connectivity index (χ0n) is 15.9. The fourth-order valence-electron chi connectivity index (χ4n) is 4.58. The second-order valence-corrected chi connectivity index (χ2v) is 7.53. The van der Waals surface area contributed by atoms with Crippen molar-refractivity contribution in [3.8, 4) is 0 Å². The molecule has 0 bridgehead atoms. The average molecular weight is 367 g/mol. The topological polar surface area (TPSA) is 68.2 Å². The number of ether oxygens (including phenoxy) is 3. The molecule has 2 aliphatic heterocycles. The molecule has 1 amide bonds. The van der Waals surface area contributed by atoms with Gasteiger partial charge in [-0.2, -0.15) is 0 Å². The van der Waals surface area contributed by atoms with Gasteiger partial charge in [0.1, 0.15) is 0 Å². The minimum atomic E-state index is -0.401. The van der Waals surface area contributed by atoms with Crippen LogP contribution in [-0.4, -0.2) is 61.7 Å². The summed E-state index contributed by atoms with van der Waals surface area (Å²) < 4.78 is 17.3. The van der Waals surface area contributed by atoms with Crippen LogP contribution in [0.2, 0.25) is 0 Å². The molecule has 0 radical (unpaired) electrons. The molecule has 0 spiro atoms. The molecule has 26 heavy (non-hydrogen) atoms. The van der Waals surface area contributed by atoms with Crippen molar-refractivity contribution < 1.29 is 24.1 Å². The number of carbonyl (C=O) groups is 1. The predicted octanol–water partition coefficient (Wildman–Crippen LogP) is 2.32. The minimum Gasteiger partial charge on any atom is -0.459 e. The van der Waals surface area contributed by atoms with Gasteiger partial charge in [0, 0.05) is 32.2 Å². The van der Waals surface area contributed by atoms with Gasteiger partial charge >= 0.3 is 0 Å². The molecule has 1 aliphatic carbocycles. The number of carbonyl (C=O) groups excluding carboxylic acids is 1. The second kappa shape index (κ2) is 9.72. The van der Waals surface area contributed by atoms with Gasteiger partial charge in [-0.25, -0.2) is 0 Å². The molecule has 0 aromatic rings. The summed E-state index contributed by atoms with van der Waals surface area (Å²) in [5.74, 6) is 1.47. The van der Waals surface area contributed by atoms with E-state index in [1.807, 2.05) is 11.8 Å². The van der Waals surface area contributed by atoms with Crippen molar-refractivity contribution in [3.63, 3.8) is 0 Å². The molecule has 1 N–H and O–H groups in total. The fraction of sp³-hybridized carbons (Fsp3) is 0.850. The Labute approximate surface area is 156 Å². The van der Waals surface area contributed by atoms with Gasteiger partial charge in [-0.15, -0.1) is 0 Å². The number of hydrogen-bond donors (Lipinski definition) is 1. The van der Waals surface area contributed by atoms with E-state index in [0.29, 0.717) is 44.6 Å². The molecule has 6 nitrogen and oxygen atoms in total. The number of rotatable bonds is 7. The first-order chi connectivity index (χ1) is 12.7. The second-order valence-electron chi connectivity index (χ2n) is 7.53. The third kappa shape index (κ3) is 4.59. The molecule has 1 saturated carbocycles. The van der Waals surface area contributed by atoms with E-state index < -0.39 is 6.29 Å². The highest BCUT2D eigenvalue weighted by molar-refractivity contribution is 5.91. The highest BCUT2D eigenvalue weighted by Crippen LogP contribution is 2.43. The van der Waals surface area contributed by atoms with Crippen molar-refractivity contribution in [3.05, 3.63) is 11.8 Å². The number of aliphatic hydroxyl groups excluding tert-OH is 1. The molecule has 6 heteroatoms. The molecule has 1 saturated heterocycles. The van der Waals surface area contributed by atoms with E-state index in [0.717, 1.165) is 12.8 Å². The summed E-state index contributed by atoms with van der Waals surface area (Å²) >= 11 is 0. The SMILES string of the molecule is CCO[C@@H]1OC(C(=O)N2CCOCC2)=C[C@H](C2CCCC2)[C@H]1CCCO. The normalized spacial score (nSPS) is 30.2. The first-order valence-corrected chi connectivity index (χ1v) is 10.2. The van der Waals surface area contributed by atoms with Crippen LogP contribution in [0.25, 0.3) is 0 Å². The van der Waals surface area contributed by atoms with Crippen LogP contribution in [-0.2, 0) is 19.0 Å². The maximum absolute atomic E-state index is 13.0. The average Bonchev–Trinajstić information content (AvgIpc) is 3.21. The summed E-state index contributed by atoms with van der Waals surface area (Å²) in [4.78, 5) is 14.8. The molecule has 0 aromatic heterocycles. The number of aliphatic hydroxyl groups is 1. The summed E-state index contributed by atoms with van der Waals surface area (Å²) in [5.41, 5.74) is 0. The maximum Gasteiger partial charge on any atom is 0.288 e. The van der Waals surface area contributed by atoms with E-state index >= 15 is 0 Å². The van der Waals surface area contributed by atoms with Crippen molar-refractivity contribution in [1.29, 1.82) is 0 Å². The standard InChI is InChI=1S/C20H33NO5/c1-2-25-20-16(8-5-11-22)17(15-6-3-4-7-15)14-18(26-20)19(23)21-9-12-24-13-10-21/h14-17,20,22H,2-13H2,1H3/t16-,17-,20-/m1/s1. The quantitative estimate of drug-likeness (QED) is 0.748. The molecule has 3 atom stereocenters. The third-order valence-electron chi connectivity index (χ3n) is 5.91. The number of amides is 1. The Morgan fingerprint density at radius 2 is 2.04 bits per heavy atom. The Hall–Kier alpha value is -1.11. The molecular formula is C20H33NO5. The Bertz CT molecular complexity index is 483. The van der Waals surface area contributed by atoms with Gasteiger partial charge in [-0.05, 0) is 50.5 Å². The summed E-state index contributed by atoms with van der Waals surface area (Å²) in [6.45, 7) is 5.07. The van der Waals surface area contributed by atoms with E-state index in [1.165, 1.54) is 25.7 Å². The molecule has 0 aromatic carbocycles. The first kappa shape index (κ1) is 19.6. The maximum atomic E-state index is 13.0. The van der Waals surface area contributed by atoms with E-state index in [9.17, 15) is 9.90 Å². The lowest BCUT2D eigenvalue weighted by Gasteiger charge is -2.40. The summed E-state index contributed by atoms with van der Waals surface area (Å²) in [7, 11) is 0. The van der Waals surface area contributed by atoms with Crippen LogP contribution < -0.4 is 0 Å². The first-order valence-electron chi connectivity index (χ1n) is 10.2. The lowest BCUT2D eigenvalue weighted by atomic mass is 9.76. The molecule has 3 aliphatic rings. The number of hydrogen-bond acceptors (Lipinski definition) is 5. The van der Waals surface area contributed by atoms with Gasteiger partial charge in [0.15, 0.2) is 5.76 Å². The highest BCUT2D eigenvalue weighted by Gasteiger charge is 2.41. The largest absolute Gasteiger partial charge is 0.459 e. The number of nitrogens with zero attached hydrogens (tertiary/aromatic N) is 1.